The molecule has 0 unspecified atom stereocenters. The molecule has 192 valence electrons. The monoisotopic (exact) mass is 513 g/mol. The molecular weight excluding hydrogens is 489 g/mol. The first-order chi connectivity index (χ1) is 18.5. The van der Waals surface area contributed by atoms with Crippen molar-refractivity contribution in [2.24, 2.45) is 5.92 Å². The largest absolute Gasteiger partial charge is 0.454 e. The molecule has 0 saturated heterocycles. The zero-order valence-electron chi connectivity index (χ0n) is 20.3. The van der Waals surface area contributed by atoms with Gasteiger partial charge < -0.3 is 15.4 Å². The first-order valence-electron chi connectivity index (χ1n) is 12.4. The molecule has 1 saturated carbocycles. The first-order valence-corrected chi connectivity index (χ1v) is 12.4. The second-order valence-corrected chi connectivity index (χ2v) is 9.34. The van der Waals surface area contributed by atoms with Gasteiger partial charge >= 0.3 is 0 Å². The van der Waals surface area contributed by atoms with Gasteiger partial charge in [-0.2, -0.15) is 0 Å². The van der Waals surface area contributed by atoms with E-state index in [9.17, 15) is 18.8 Å². The normalized spacial score (nSPS) is 14.1. The van der Waals surface area contributed by atoms with E-state index in [4.69, 9.17) is 4.74 Å². The van der Waals surface area contributed by atoms with Gasteiger partial charge in [-0.1, -0.05) is 18.2 Å². The number of carbonyl (C=O) groups excluding carboxylic acids is 2. The van der Waals surface area contributed by atoms with Gasteiger partial charge in [0.15, 0.2) is 11.6 Å². The number of fused-ring (bicyclic) bond motifs is 1. The fraction of sp³-hybridized carbons (Fsp3) is 0.214. The lowest BCUT2D eigenvalue weighted by Gasteiger charge is -2.10. The van der Waals surface area contributed by atoms with E-state index in [1.165, 1.54) is 29.1 Å². The van der Waals surface area contributed by atoms with Crippen molar-refractivity contribution in [1.82, 2.24) is 14.3 Å². The minimum atomic E-state index is -0.702. The number of carbonyl (C=O) groups is 2. The van der Waals surface area contributed by atoms with Crippen LogP contribution in [0, 0.1) is 11.7 Å². The molecule has 0 spiro atoms. The molecule has 2 aromatic heterocycles. The van der Waals surface area contributed by atoms with E-state index >= 15 is 0 Å². The van der Waals surface area contributed by atoms with Crippen LogP contribution in [0.1, 0.15) is 35.3 Å². The molecule has 0 atom stereocenters. The molecule has 9 nitrogen and oxygen atoms in total. The van der Waals surface area contributed by atoms with Gasteiger partial charge in [-0.05, 0) is 56.0 Å². The highest BCUT2D eigenvalue weighted by Crippen LogP contribution is 2.31. The smallest absolute Gasteiger partial charge is 0.284 e. The summed E-state index contributed by atoms with van der Waals surface area (Å²) in [6, 6.07) is 16.2. The van der Waals surface area contributed by atoms with Crippen LogP contribution < -0.4 is 20.9 Å². The third-order valence-corrected chi connectivity index (χ3v) is 6.61. The molecular formula is C28H24FN5O4. The van der Waals surface area contributed by atoms with Crippen molar-refractivity contribution in [3.63, 3.8) is 0 Å². The highest BCUT2D eigenvalue weighted by molar-refractivity contribution is 6.05. The number of nitrogens with one attached hydrogen (secondary N) is 2. The highest BCUT2D eigenvalue weighted by atomic mass is 19.1. The molecule has 4 aromatic rings. The summed E-state index contributed by atoms with van der Waals surface area (Å²) < 4.78 is 23.9. The second kappa shape index (κ2) is 9.62. The summed E-state index contributed by atoms with van der Waals surface area (Å²) in [5.74, 6) is -0.802. The Morgan fingerprint density at radius 3 is 2.61 bits per heavy atom. The van der Waals surface area contributed by atoms with Crippen molar-refractivity contribution in [3.8, 4) is 17.2 Å². The summed E-state index contributed by atoms with van der Waals surface area (Å²) >= 11 is 0. The number of hydrogen-bond donors (Lipinski definition) is 2. The molecule has 38 heavy (non-hydrogen) atoms. The number of amides is 2. The van der Waals surface area contributed by atoms with Crippen LogP contribution in [-0.2, 0) is 17.8 Å². The van der Waals surface area contributed by atoms with Crippen LogP contribution in [0.5, 0.6) is 11.5 Å². The summed E-state index contributed by atoms with van der Waals surface area (Å²) in [6.07, 6.45) is 4.63. The van der Waals surface area contributed by atoms with E-state index in [0.29, 0.717) is 35.9 Å². The Hall–Kier alpha value is -4.73. The van der Waals surface area contributed by atoms with Gasteiger partial charge in [0.1, 0.15) is 17.1 Å². The molecule has 0 bridgehead atoms. The number of hydrogen-bond acceptors (Lipinski definition) is 5. The van der Waals surface area contributed by atoms with E-state index in [2.05, 4.69) is 15.6 Å². The molecule has 1 fully saturated rings. The summed E-state index contributed by atoms with van der Waals surface area (Å²) in [7, 11) is 0. The van der Waals surface area contributed by atoms with Gasteiger partial charge in [-0.15, -0.1) is 0 Å². The molecule has 1 aliphatic heterocycles. The SMILES string of the molecule is O=C(Nc1ccc(Oc2ccnc(NC(=O)C3CC3)c2)c(F)c1)c1c2n(n(-c3ccccc3)c1=O)CCC2. The summed E-state index contributed by atoms with van der Waals surface area (Å²) in [6.45, 7) is 0.633. The summed E-state index contributed by atoms with van der Waals surface area (Å²) in [5, 5.41) is 5.38. The van der Waals surface area contributed by atoms with Crippen molar-refractivity contribution in [2.75, 3.05) is 10.6 Å². The zero-order valence-corrected chi connectivity index (χ0v) is 20.3. The summed E-state index contributed by atoms with van der Waals surface area (Å²) in [5.41, 5.74) is 1.18. The van der Waals surface area contributed by atoms with Crippen LogP contribution in [0.25, 0.3) is 5.69 Å². The van der Waals surface area contributed by atoms with E-state index in [-0.39, 0.29) is 28.8 Å². The van der Waals surface area contributed by atoms with Gasteiger partial charge in [0.25, 0.3) is 11.5 Å². The molecule has 2 amide bonds. The Morgan fingerprint density at radius 2 is 1.84 bits per heavy atom. The predicted molar refractivity (Wildman–Crippen MR) is 138 cm³/mol. The van der Waals surface area contributed by atoms with Crippen molar-refractivity contribution < 1.29 is 18.7 Å². The number of halogens is 1. The van der Waals surface area contributed by atoms with Gasteiger partial charge in [-0.3, -0.25) is 19.1 Å². The topological polar surface area (TPSA) is 107 Å². The Balaban J connectivity index is 1.20. The Labute approximate surface area is 216 Å². The van der Waals surface area contributed by atoms with E-state index in [1.807, 2.05) is 35.0 Å². The standard InChI is InChI=1S/C28H24FN5O4/c29-21-15-18(10-11-23(21)38-20-12-13-30-24(16-20)32-26(35)17-8-9-17)31-27(36)25-22-7-4-14-33(22)34(28(25)37)19-5-2-1-3-6-19/h1-3,5-6,10-13,15-17H,4,7-9,14H2,(H,31,36)(H,30,32,35). The lowest BCUT2D eigenvalue weighted by molar-refractivity contribution is -0.117. The maximum Gasteiger partial charge on any atom is 0.284 e. The number of rotatable bonds is 7. The molecule has 6 rings (SSSR count). The van der Waals surface area contributed by atoms with Gasteiger partial charge in [-0.25, -0.2) is 14.1 Å². The van der Waals surface area contributed by atoms with Crippen molar-refractivity contribution >= 4 is 23.3 Å². The van der Waals surface area contributed by atoms with E-state index < -0.39 is 17.3 Å². The van der Waals surface area contributed by atoms with Gasteiger partial charge in [0.05, 0.1) is 11.4 Å². The van der Waals surface area contributed by atoms with Crippen LogP contribution in [0.15, 0.2) is 71.7 Å². The highest BCUT2D eigenvalue weighted by Gasteiger charge is 2.30. The van der Waals surface area contributed by atoms with Crippen molar-refractivity contribution in [2.45, 2.75) is 32.2 Å². The van der Waals surface area contributed by atoms with E-state index in [1.54, 1.807) is 6.07 Å². The lowest BCUT2D eigenvalue weighted by Crippen LogP contribution is -2.26. The number of ether oxygens (including phenoxy) is 1. The predicted octanol–water partition coefficient (Wildman–Crippen LogP) is 4.51. The number of benzene rings is 2. The van der Waals surface area contributed by atoms with Crippen LogP contribution in [0.3, 0.4) is 0 Å². The number of aromatic nitrogens is 3. The molecule has 2 aromatic carbocycles. The lowest BCUT2D eigenvalue weighted by atomic mass is 10.1. The zero-order chi connectivity index (χ0) is 26.2. The van der Waals surface area contributed by atoms with Crippen molar-refractivity contribution in [3.05, 3.63) is 94.3 Å². The second-order valence-electron chi connectivity index (χ2n) is 9.34. The molecule has 1 aliphatic carbocycles. The maximum absolute atomic E-state index is 14.9. The summed E-state index contributed by atoms with van der Waals surface area (Å²) in [4.78, 5) is 42.5. The fourth-order valence-electron chi connectivity index (χ4n) is 4.63. The number of nitrogens with zero attached hydrogens (tertiary/aromatic N) is 3. The molecule has 2 aliphatic rings. The van der Waals surface area contributed by atoms with E-state index in [0.717, 1.165) is 25.3 Å². The Morgan fingerprint density at radius 1 is 1.03 bits per heavy atom. The molecule has 0 radical (unpaired) electrons. The van der Waals surface area contributed by atoms with Crippen LogP contribution in [0.2, 0.25) is 0 Å². The Bertz CT molecular complexity index is 1610. The minimum absolute atomic E-state index is 0.0239. The van der Waals surface area contributed by atoms with Gasteiger partial charge in [0.2, 0.25) is 5.91 Å². The first kappa shape index (κ1) is 23.7. The molecule has 10 heteroatoms. The minimum Gasteiger partial charge on any atom is -0.454 e. The third kappa shape index (κ3) is 4.56. The molecule has 3 heterocycles. The average molecular weight is 514 g/mol. The average Bonchev–Trinajstić information content (AvgIpc) is 3.60. The number of anilines is 2. The Kier molecular flexibility index (Phi) is 5.99. The van der Waals surface area contributed by atoms with Crippen molar-refractivity contribution in [1.29, 1.82) is 0 Å². The fourth-order valence-corrected chi connectivity index (χ4v) is 4.63. The van der Waals surface area contributed by atoms with Crippen LogP contribution in [-0.4, -0.2) is 26.2 Å². The third-order valence-electron chi connectivity index (χ3n) is 6.61. The van der Waals surface area contributed by atoms with Crippen LogP contribution in [0.4, 0.5) is 15.9 Å². The van der Waals surface area contributed by atoms with Gasteiger partial charge in [0, 0.05) is 36.5 Å². The van der Waals surface area contributed by atoms with Crippen LogP contribution >= 0.6 is 0 Å². The molecule has 2 N–H and O–H groups in total. The number of pyridine rings is 1. The number of para-hydroxylation sites is 1. The quantitative estimate of drug-likeness (QED) is 0.378. The maximum atomic E-state index is 14.9.